The van der Waals surface area contributed by atoms with Gasteiger partial charge >= 0.3 is 8.56 Å². The molecule has 1 unspecified atom stereocenters. The van der Waals surface area contributed by atoms with Crippen LogP contribution in [-0.4, -0.2) is 21.8 Å². The summed E-state index contributed by atoms with van der Waals surface area (Å²) in [5.74, 6) is 0.675. The number of unbranched alkanes of at least 4 members (excludes halogenated alkanes) is 1. The highest BCUT2D eigenvalue weighted by atomic mass is 28.4. The molecule has 0 aliphatic rings. The minimum absolute atomic E-state index is 0.675. The van der Waals surface area contributed by atoms with E-state index in [-0.39, 0.29) is 0 Å². The quantitative estimate of drug-likeness (QED) is 0.435. The molecule has 0 fully saturated rings. The van der Waals surface area contributed by atoms with E-state index in [1.165, 1.54) is 16.8 Å². The van der Waals surface area contributed by atoms with Crippen LogP contribution in [0.5, 0.6) is 0 Å². The number of rotatable bonds is 11. The number of benzene rings is 2. The maximum atomic E-state index is 6.64. The second kappa shape index (κ2) is 10.5. The summed E-state index contributed by atoms with van der Waals surface area (Å²) in [7, 11) is -2.66. The normalized spacial score (nSPS) is 12.9. The van der Waals surface area contributed by atoms with Crippen molar-refractivity contribution in [3.05, 3.63) is 60.7 Å². The van der Waals surface area contributed by atoms with Gasteiger partial charge in [0, 0.05) is 13.2 Å². The first kappa shape index (κ1) is 19.9. The summed E-state index contributed by atoms with van der Waals surface area (Å²) < 4.78 is 13.2. The largest absolute Gasteiger partial charge is 0.407 e. The van der Waals surface area contributed by atoms with Crippen LogP contribution in [0.3, 0.4) is 0 Å². The van der Waals surface area contributed by atoms with Crippen LogP contribution in [-0.2, 0) is 8.85 Å². The summed E-state index contributed by atoms with van der Waals surface area (Å²) >= 11 is 0. The molecule has 0 aromatic heterocycles. The molecule has 0 saturated carbocycles. The van der Waals surface area contributed by atoms with E-state index in [2.05, 4.69) is 81.4 Å². The van der Waals surface area contributed by atoms with Crippen LogP contribution in [0.1, 0.15) is 46.5 Å². The third-order valence-electron chi connectivity index (χ3n) is 4.72. The fourth-order valence-electron chi connectivity index (χ4n) is 2.83. The minimum Gasteiger partial charge on any atom is -0.388 e. The summed E-state index contributed by atoms with van der Waals surface area (Å²) in [6.45, 7) is 8.21. The number of hydrogen-bond donors (Lipinski definition) is 0. The fourth-order valence-corrected chi connectivity index (χ4v) is 6.01. The van der Waals surface area contributed by atoms with E-state index in [1.807, 2.05) is 0 Å². The lowest BCUT2D eigenvalue weighted by Crippen LogP contribution is -2.63. The molecule has 2 nitrogen and oxygen atoms in total. The van der Waals surface area contributed by atoms with Gasteiger partial charge in [0.15, 0.2) is 0 Å². The van der Waals surface area contributed by atoms with Crippen molar-refractivity contribution < 1.29 is 8.85 Å². The van der Waals surface area contributed by atoms with E-state index in [9.17, 15) is 0 Å². The number of hydrogen-bond acceptors (Lipinski definition) is 2. The molecule has 0 heterocycles. The molecular weight excluding hydrogens is 324 g/mol. The maximum absolute atomic E-state index is 6.64. The third-order valence-corrected chi connectivity index (χ3v) is 8.13. The summed E-state index contributed by atoms with van der Waals surface area (Å²) in [6, 6.07) is 21.1. The first-order valence-electron chi connectivity index (χ1n) is 9.62. The molecule has 2 rings (SSSR count). The molecule has 0 spiro atoms. The Morgan fingerprint density at radius 2 is 1.32 bits per heavy atom. The second-order valence-corrected chi connectivity index (χ2v) is 9.67. The maximum Gasteiger partial charge on any atom is 0.407 e. The SMILES string of the molecule is CCCCO[Si](OCCC(C)CC)(c1ccccc1)c1ccccc1. The Labute approximate surface area is 154 Å². The summed E-state index contributed by atoms with van der Waals surface area (Å²) in [5, 5.41) is 2.39. The fraction of sp³-hybridized carbons (Fsp3) is 0.455. The smallest absolute Gasteiger partial charge is 0.388 e. The lowest BCUT2D eigenvalue weighted by molar-refractivity contribution is 0.179. The first-order valence-corrected chi connectivity index (χ1v) is 11.4. The van der Waals surface area contributed by atoms with Crippen LogP contribution in [0.2, 0.25) is 0 Å². The average molecular weight is 357 g/mol. The summed E-state index contributed by atoms with van der Waals surface area (Å²) in [4.78, 5) is 0. The van der Waals surface area contributed by atoms with E-state index >= 15 is 0 Å². The van der Waals surface area contributed by atoms with Crippen LogP contribution >= 0.6 is 0 Å². The minimum atomic E-state index is -2.66. The molecule has 25 heavy (non-hydrogen) atoms. The van der Waals surface area contributed by atoms with Crippen LogP contribution < -0.4 is 10.4 Å². The monoisotopic (exact) mass is 356 g/mol. The van der Waals surface area contributed by atoms with E-state index in [1.54, 1.807) is 0 Å². The Morgan fingerprint density at radius 1 is 0.800 bits per heavy atom. The molecule has 0 saturated heterocycles. The van der Waals surface area contributed by atoms with Gasteiger partial charge in [-0.1, -0.05) is 94.3 Å². The second-order valence-electron chi connectivity index (χ2n) is 6.70. The zero-order valence-electron chi connectivity index (χ0n) is 15.9. The van der Waals surface area contributed by atoms with Crippen molar-refractivity contribution >= 4 is 18.9 Å². The summed E-state index contributed by atoms with van der Waals surface area (Å²) in [6.07, 6.45) is 4.44. The van der Waals surface area contributed by atoms with Gasteiger partial charge in [-0.15, -0.1) is 0 Å². The van der Waals surface area contributed by atoms with Crippen molar-refractivity contribution in [2.45, 2.75) is 46.5 Å². The predicted molar refractivity (Wildman–Crippen MR) is 109 cm³/mol. The molecule has 0 aliphatic carbocycles. The molecule has 3 heteroatoms. The lowest BCUT2D eigenvalue weighted by Gasteiger charge is -2.32. The third kappa shape index (κ3) is 5.53. The highest BCUT2D eigenvalue weighted by Crippen LogP contribution is 2.14. The molecular formula is C22H32O2Si. The standard InChI is InChI=1S/C22H32O2Si/c1-4-6-18-23-25(21-13-9-7-10-14-21,22-15-11-8-12-16-22)24-19-17-20(3)5-2/h7-16,20H,4-6,17-19H2,1-3H3. The van der Waals surface area contributed by atoms with Crippen molar-refractivity contribution in [3.63, 3.8) is 0 Å². The van der Waals surface area contributed by atoms with Gasteiger partial charge < -0.3 is 8.85 Å². The van der Waals surface area contributed by atoms with E-state index in [0.717, 1.165) is 32.5 Å². The van der Waals surface area contributed by atoms with Gasteiger partial charge in [-0.05, 0) is 29.1 Å². The van der Waals surface area contributed by atoms with Crippen molar-refractivity contribution in [2.24, 2.45) is 5.92 Å². The van der Waals surface area contributed by atoms with Gasteiger partial charge in [0.25, 0.3) is 0 Å². The van der Waals surface area contributed by atoms with Gasteiger partial charge in [0.1, 0.15) is 0 Å². The van der Waals surface area contributed by atoms with E-state index in [4.69, 9.17) is 8.85 Å². The zero-order chi connectivity index (χ0) is 18.0. The van der Waals surface area contributed by atoms with Crippen LogP contribution in [0.25, 0.3) is 0 Å². The molecule has 1 atom stereocenters. The Kier molecular flexibility index (Phi) is 8.39. The predicted octanol–water partition coefficient (Wildman–Crippen LogP) is 4.51. The van der Waals surface area contributed by atoms with Gasteiger partial charge in [-0.25, -0.2) is 0 Å². The molecule has 0 aliphatic heterocycles. The van der Waals surface area contributed by atoms with Crippen LogP contribution in [0.15, 0.2) is 60.7 Å². The Balaban J connectivity index is 2.34. The molecule has 136 valence electrons. The summed E-state index contributed by atoms with van der Waals surface area (Å²) in [5.41, 5.74) is 0. The molecule has 2 aromatic carbocycles. The van der Waals surface area contributed by atoms with Gasteiger partial charge in [-0.2, -0.15) is 0 Å². The van der Waals surface area contributed by atoms with Crippen molar-refractivity contribution in [3.8, 4) is 0 Å². The van der Waals surface area contributed by atoms with Gasteiger partial charge in [0.2, 0.25) is 0 Å². The Hall–Kier alpha value is -1.42. The Morgan fingerprint density at radius 3 is 1.80 bits per heavy atom. The molecule has 0 radical (unpaired) electrons. The van der Waals surface area contributed by atoms with Crippen molar-refractivity contribution in [1.29, 1.82) is 0 Å². The van der Waals surface area contributed by atoms with Gasteiger partial charge in [-0.3, -0.25) is 0 Å². The highest BCUT2D eigenvalue weighted by molar-refractivity contribution is 6.92. The average Bonchev–Trinajstić information content (AvgIpc) is 2.68. The zero-order valence-corrected chi connectivity index (χ0v) is 16.9. The molecule has 2 aromatic rings. The Bertz CT molecular complexity index is 546. The topological polar surface area (TPSA) is 18.5 Å². The first-order chi connectivity index (χ1) is 12.2. The van der Waals surface area contributed by atoms with E-state index in [0.29, 0.717) is 5.92 Å². The van der Waals surface area contributed by atoms with Gasteiger partial charge in [0.05, 0.1) is 0 Å². The molecule has 0 N–H and O–H groups in total. The lowest BCUT2D eigenvalue weighted by atomic mass is 10.1. The molecule has 0 bridgehead atoms. The van der Waals surface area contributed by atoms with Crippen LogP contribution in [0.4, 0.5) is 0 Å². The van der Waals surface area contributed by atoms with Crippen LogP contribution in [0, 0.1) is 5.92 Å². The highest BCUT2D eigenvalue weighted by Gasteiger charge is 2.42. The van der Waals surface area contributed by atoms with Crippen molar-refractivity contribution in [2.75, 3.05) is 13.2 Å². The molecule has 0 amide bonds. The van der Waals surface area contributed by atoms with Crippen molar-refractivity contribution in [1.82, 2.24) is 0 Å². The van der Waals surface area contributed by atoms with E-state index < -0.39 is 8.56 Å².